The van der Waals surface area contributed by atoms with Crippen molar-refractivity contribution < 1.29 is 8.95 Å². The van der Waals surface area contributed by atoms with Gasteiger partial charge in [-0.2, -0.15) is 0 Å². The van der Waals surface area contributed by atoms with E-state index in [1.165, 1.54) is 5.56 Å². The van der Waals surface area contributed by atoms with Gasteiger partial charge in [0.1, 0.15) is 6.10 Å². The van der Waals surface area contributed by atoms with E-state index < -0.39 is 15.7 Å². The Kier molecular flexibility index (Phi) is 5.32. The molecule has 0 spiro atoms. The number of epoxide rings is 1. The summed E-state index contributed by atoms with van der Waals surface area (Å²) in [6.07, 6.45) is 7.23. The van der Waals surface area contributed by atoms with Crippen molar-refractivity contribution in [2.24, 2.45) is 0 Å². The highest BCUT2D eigenvalue weighted by Gasteiger charge is 2.59. The third-order valence-corrected chi connectivity index (χ3v) is 6.15. The van der Waals surface area contributed by atoms with Crippen LogP contribution in [0.25, 0.3) is 6.08 Å². The van der Waals surface area contributed by atoms with Crippen molar-refractivity contribution in [1.82, 2.24) is 0 Å². The third kappa shape index (κ3) is 3.68. The van der Waals surface area contributed by atoms with Crippen molar-refractivity contribution in [2.75, 3.05) is 0 Å². The van der Waals surface area contributed by atoms with Gasteiger partial charge in [-0.25, -0.2) is 0 Å². The first-order chi connectivity index (χ1) is 11.7. The zero-order valence-corrected chi connectivity index (χ0v) is 15.1. The van der Waals surface area contributed by atoms with Crippen LogP contribution < -0.4 is 0 Å². The maximum absolute atomic E-state index is 13.2. The SMILES string of the molecule is CCCC[C@@H]1O[C@@]1(/C=C/c1ccccc1)[S@@](=O)c1ccc(C)cc1. The van der Waals surface area contributed by atoms with Gasteiger partial charge in [-0.05, 0) is 37.1 Å². The van der Waals surface area contributed by atoms with Crippen LogP contribution in [-0.4, -0.2) is 15.2 Å². The predicted molar refractivity (Wildman–Crippen MR) is 100 cm³/mol. The molecule has 0 saturated carbocycles. The fraction of sp³-hybridized carbons (Fsp3) is 0.333. The van der Waals surface area contributed by atoms with E-state index in [4.69, 9.17) is 4.74 Å². The molecular weight excluding hydrogens is 316 g/mol. The lowest BCUT2D eigenvalue weighted by Crippen LogP contribution is -2.19. The maximum atomic E-state index is 13.2. The van der Waals surface area contributed by atoms with E-state index in [0.29, 0.717) is 0 Å². The summed E-state index contributed by atoms with van der Waals surface area (Å²) >= 11 is 0. The zero-order valence-electron chi connectivity index (χ0n) is 14.3. The topological polar surface area (TPSA) is 29.6 Å². The van der Waals surface area contributed by atoms with E-state index in [2.05, 4.69) is 6.92 Å². The summed E-state index contributed by atoms with van der Waals surface area (Å²) in [5, 5.41) is 0. The molecular formula is C21H24O2S. The van der Waals surface area contributed by atoms with Crippen LogP contribution in [0.15, 0.2) is 65.6 Å². The van der Waals surface area contributed by atoms with Gasteiger partial charge in [-0.1, -0.05) is 73.9 Å². The fourth-order valence-electron chi connectivity index (χ4n) is 2.83. The maximum Gasteiger partial charge on any atom is 0.192 e. The highest BCUT2D eigenvalue weighted by Crippen LogP contribution is 2.46. The van der Waals surface area contributed by atoms with E-state index in [-0.39, 0.29) is 6.10 Å². The average Bonchev–Trinajstić information content (AvgIpc) is 3.33. The molecule has 1 saturated heterocycles. The normalized spacial score (nSPS) is 24.2. The summed E-state index contributed by atoms with van der Waals surface area (Å²) in [4.78, 5) is 0.151. The molecule has 1 aliphatic heterocycles. The second kappa shape index (κ2) is 7.45. The number of hydrogen-bond donors (Lipinski definition) is 0. The second-order valence-corrected chi connectivity index (χ2v) is 7.94. The smallest absolute Gasteiger partial charge is 0.192 e. The molecule has 2 nitrogen and oxygen atoms in total. The minimum absolute atomic E-state index is 0.0412. The molecule has 3 atom stereocenters. The van der Waals surface area contributed by atoms with Gasteiger partial charge in [-0.15, -0.1) is 0 Å². The van der Waals surface area contributed by atoms with Crippen LogP contribution in [0, 0.1) is 6.92 Å². The van der Waals surface area contributed by atoms with Crippen LogP contribution in [0.1, 0.15) is 37.3 Å². The summed E-state index contributed by atoms with van der Waals surface area (Å²) in [5.41, 5.74) is 2.27. The highest BCUT2D eigenvalue weighted by molar-refractivity contribution is 7.86. The van der Waals surface area contributed by atoms with Gasteiger partial charge in [-0.3, -0.25) is 4.21 Å². The summed E-state index contributed by atoms with van der Waals surface area (Å²) in [6, 6.07) is 18.0. The summed E-state index contributed by atoms with van der Waals surface area (Å²) in [6.45, 7) is 4.20. The van der Waals surface area contributed by atoms with Crippen molar-refractivity contribution in [3.63, 3.8) is 0 Å². The Bertz CT molecular complexity index is 721. The van der Waals surface area contributed by atoms with E-state index in [9.17, 15) is 4.21 Å². The standard InChI is InChI=1S/C21H24O2S/c1-3-4-10-20-21(23-20,16-15-18-8-6-5-7-9-18)24(22)19-13-11-17(2)12-14-19/h5-9,11-16,20H,3-4,10H2,1-2H3/b16-15+/t20-,21-,24-/m0/s1. The Hall–Kier alpha value is -1.71. The molecule has 1 aliphatic rings. The number of unbranched alkanes of at least 4 members (excludes halogenated alkanes) is 1. The van der Waals surface area contributed by atoms with Crippen LogP contribution in [0.3, 0.4) is 0 Å². The Balaban J connectivity index is 1.85. The van der Waals surface area contributed by atoms with Crippen molar-refractivity contribution in [3.8, 4) is 0 Å². The van der Waals surface area contributed by atoms with Gasteiger partial charge >= 0.3 is 0 Å². The molecule has 126 valence electrons. The molecule has 0 N–H and O–H groups in total. The fourth-order valence-corrected chi connectivity index (χ4v) is 4.34. The Labute approximate surface area is 147 Å². The van der Waals surface area contributed by atoms with E-state index in [1.54, 1.807) is 0 Å². The van der Waals surface area contributed by atoms with Crippen LogP contribution in [0.2, 0.25) is 0 Å². The lowest BCUT2D eigenvalue weighted by molar-refractivity contribution is 0.362. The van der Waals surface area contributed by atoms with E-state index in [0.717, 1.165) is 29.7 Å². The molecule has 0 amide bonds. The third-order valence-electron chi connectivity index (χ3n) is 4.37. The lowest BCUT2D eigenvalue weighted by Gasteiger charge is -2.09. The summed E-state index contributed by atoms with van der Waals surface area (Å²) in [5.74, 6) is 0. The molecule has 1 fully saturated rings. The molecule has 0 aromatic heterocycles. The Morgan fingerprint density at radius 3 is 2.50 bits per heavy atom. The molecule has 3 rings (SSSR count). The quantitative estimate of drug-likeness (QED) is 0.656. The first-order valence-electron chi connectivity index (χ1n) is 8.56. The first-order valence-corrected chi connectivity index (χ1v) is 9.71. The minimum Gasteiger partial charge on any atom is -0.347 e. The van der Waals surface area contributed by atoms with Gasteiger partial charge in [0, 0.05) is 4.90 Å². The number of aryl methyl sites for hydroxylation is 1. The molecule has 0 aliphatic carbocycles. The lowest BCUT2D eigenvalue weighted by atomic mass is 10.1. The Morgan fingerprint density at radius 2 is 1.83 bits per heavy atom. The van der Waals surface area contributed by atoms with Gasteiger partial charge < -0.3 is 4.74 Å². The molecule has 0 bridgehead atoms. The minimum atomic E-state index is -1.21. The predicted octanol–water partition coefficient (Wildman–Crippen LogP) is 5.10. The first kappa shape index (κ1) is 17.1. The number of benzene rings is 2. The molecule has 0 radical (unpaired) electrons. The molecule has 24 heavy (non-hydrogen) atoms. The van der Waals surface area contributed by atoms with Crippen molar-refractivity contribution in [3.05, 3.63) is 71.8 Å². The van der Waals surface area contributed by atoms with Gasteiger partial charge in [0.25, 0.3) is 0 Å². The van der Waals surface area contributed by atoms with Crippen LogP contribution in [0.5, 0.6) is 0 Å². The largest absolute Gasteiger partial charge is 0.347 e. The van der Waals surface area contributed by atoms with Crippen LogP contribution in [0.4, 0.5) is 0 Å². The number of ether oxygens (including phenoxy) is 1. The number of hydrogen-bond acceptors (Lipinski definition) is 2. The number of rotatable bonds is 7. The second-order valence-electron chi connectivity index (χ2n) is 6.30. The summed E-state index contributed by atoms with van der Waals surface area (Å²) < 4.78 is 19.2. The van der Waals surface area contributed by atoms with Crippen molar-refractivity contribution in [1.29, 1.82) is 0 Å². The monoisotopic (exact) mass is 340 g/mol. The molecule has 1 heterocycles. The van der Waals surface area contributed by atoms with Crippen molar-refractivity contribution >= 4 is 16.9 Å². The van der Waals surface area contributed by atoms with Gasteiger partial charge in [0.05, 0.1) is 10.8 Å². The Morgan fingerprint density at radius 1 is 1.12 bits per heavy atom. The van der Waals surface area contributed by atoms with E-state index >= 15 is 0 Å². The van der Waals surface area contributed by atoms with Gasteiger partial charge in [0.2, 0.25) is 0 Å². The molecule has 2 aromatic carbocycles. The van der Waals surface area contributed by atoms with E-state index in [1.807, 2.05) is 73.7 Å². The van der Waals surface area contributed by atoms with Crippen LogP contribution in [-0.2, 0) is 15.5 Å². The highest BCUT2D eigenvalue weighted by atomic mass is 32.2. The van der Waals surface area contributed by atoms with Crippen LogP contribution >= 0.6 is 0 Å². The van der Waals surface area contributed by atoms with Gasteiger partial charge in [0.15, 0.2) is 4.93 Å². The zero-order chi connectivity index (χ0) is 17.0. The molecule has 2 aromatic rings. The van der Waals surface area contributed by atoms with Crippen molar-refractivity contribution in [2.45, 2.75) is 49.0 Å². The average molecular weight is 340 g/mol. The summed E-state index contributed by atoms with van der Waals surface area (Å²) in [7, 11) is -1.21. The molecule has 3 heteroatoms. The molecule has 0 unspecified atom stereocenters.